The van der Waals surface area contributed by atoms with E-state index in [0.29, 0.717) is 30.8 Å². The van der Waals surface area contributed by atoms with Crippen LogP contribution in [0.3, 0.4) is 0 Å². The largest absolute Gasteiger partial charge is 0.385 e. The smallest absolute Gasteiger partial charge is 0.159 e. The molecule has 1 aromatic carbocycles. The van der Waals surface area contributed by atoms with Crippen LogP contribution in [0.1, 0.15) is 31.0 Å². The van der Waals surface area contributed by atoms with E-state index < -0.39 is 17.2 Å². The van der Waals surface area contributed by atoms with E-state index in [1.807, 2.05) is 27.1 Å². The van der Waals surface area contributed by atoms with Crippen LogP contribution in [0.4, 0.5) is 14.6 Å². The quantitative estimate of drug-likeness (QED) is 0.732. The summed E-state index contributed by atoms with van der Waals surface area (Å²) in [4.78, 5) is 11.2. The molecule has 3 aromatic rings. The highest BCUT2D eigenvalue weighted by Gasteiger charge is 2.39. The first kappa shape index (κ1) is 19.4. The molecule has 2 aromatic heterocycles. The summed E-state index contributed by atoms with van der Waals surface area (Å²) in [6.07, 6.45) is 6.06. The number of nitrogens with zero attached hydrogens (tertiary/aromatic N) is 5. The molecule has 1 fully saturated rings. The molecule has 2 atom stereocenters. The zero-order valence-electron chi connectivity index (χ0n) is 16.6. The normalized spacial score (nSPS) is 22.1. The van der Waals surface area contributed by atoms with Gasteiger partial charge in [0.1, 0.15) is 5.82 Å². The number of hydrogen-bond donors (Lipinski definition) is 1. The lowest BCUT2D eigenvalue weighted by Crippen LogP contribution is -2.48. The van der Waals surface area contributed by atoms with E-state index in [1.165, 1.54) is 6.07 Å². The Hall–Kier alpha value is -2.87. The van der Waals surface area contributed by atoms with Gasteiger partial charge in [0.2, 0.25) is 0 Å². The van der Waals surface area contributed by atoms with Gasteiger partial charge in [0.25, 0.3) is 0 Å². The molecular formula is C21H23F2N5O. The van der Waals surface area contributed by atoms with Crippen LogP contribution in [-0.4, -0.2) is 37.4 Å². The molecule has 1 aliphatic heterocycles. The topological polar surface area (TPSA) is 67.1 Å². The zero-order chi connectivity index (χ0) is 20.8. The van der Waals surface area contributed by atoms with E-state index in [-0.39, 0.29) is 6.04 Å². The van der Waals surface area contributed by atoms with Crippen molar-refractivity contribution in [3.8, 4) is 11.3 Å². The van der Waals surface area contributed by atoms with Crippen LogP contribution in [0.15, 0.2) is 36.8 Å². The first-order valence-electron chi connectivity index (χ1n) is 9.54. The van der Waals surface area contributed by atoms with Crippen molar-refractivity contribution in [1.82, 2.24) is 19.7 Å². The molecule has 3 heterocycles. The van der Waals surface area contributed by atoms with Gasteiger partial charge in [-0.3, -0.25) is 9.67 Å². The van der Waals surface area contributed by atoms with Crippen molar-refractivity contribution in [3.05, 3.63) is 59.7 Å². The van der Waals surface area contributed by atoms with Crippen molar-refractivity contribution < 1.29 is 13.9 Å². The van der Waals surface area contributed by atoms with Crippen LogP contribution in [0.5, 0.6) is 0 Å². The lowest BCUT2D eigenvalue weighted by molar-refractivity contribution is 0.000652. The number of aromatic nitrogens is 4. The van der Waals surface area contributed by atoms with Gasteiger partial charge in [-0.2, -0.15) is 5.10 Å². The van der Waals surface area contributed by atoms with E-state index in [4.69, 9.17) is 4.98 Å². The van der Waals surface area contributed by atoms with Crippen LogP contribution in [0.25, 0.3) is 11.3 Å². The Morgan fingerprint density at radius 3 is 2.66 bits per heavy atom. The van der Waals surface area contributed by atoms with Gasteiger partial charge in [0.15, 0.2) is 11.6 Å². The van der Waals surface area contributed by atoms with Gasteiger partial charge in [0, 0.05) is 37.8 Å². The lowest BCUT2D eigenvalue weighted by Gasteiger charge is -2.43. The second-order valence-corrected chi connectivity index (χ2v) is 7.72. The highest BCUT2D eigenvalue weighted by Crippen LogP contribution is 2.38. The van der Waals surface area contributed by atoms with E-state index >= 15 is 0 Å². The van der Waals surface area contributed by atoms with Crippen LogP contribution in [-0.2, 0) is 12.6 Å². The monoisotopic (exact) mass is 399 g/mol. The predicted molar refractivity (Wildman–Crippen MR) is 105 cm³/mol. The van der Waals surface area contributed by atoms with E-state index in [2.05, 4.69) is 15.0 Å². The molecule has 1 N–H and O–H groups in total. The average Bonchev–Trinajstić information content (AvgIpc) is 3.02. The summed E-state index contributed by atoms with van der Waals surface area (Å²) in [6.45, 7) is 4.42. The van der Waals surface area contributed by atoms with Crippen molar-refractivity contribution in [2.24, 2.45) is 7.05 Å². The maximum absolute atomic E-state index is 13.7. The molecule has 6 nitrogen and oxygen atoms in total. The van der Waals surface area contributed by atoms with Gasteiger partial charge in [-0.05, 0) is 38.0 Å². The molecule has 1 saturated heterocycles. The summed E-state index contributed by atoms with van der Waals surface area (Å²) in [5.74, 6) is -1.15. The van der Waals surface area contributed by atoms with Crippen LogP contribution < -0.4 is 4.90 Å². The maximum Gasteiger partial charge on any atom is 0.159 e. The minimum Gasteiger partial charge on any atom is -0.385 e. The van der Waals surface area contributed by atoms with E-state index in [1.54, 1.807) is 17.1 Å². The van der Waals surface area contributed by atoms with Crippen molar-refractivity contribution in [1.29, 1.82) is 0 Å². The molecule has 0 spiro atoms. The summed E-state index contributed by atoms with van der Waals surface area (Å²) in [7, 11) is 1.86. The second-order valence-electron chi connectivity index (χ2n) is 7.72. The number of aliphatic hydroxyl groups is 1. The molecule has 0 aliphatic carbocycles. The van der Waals surface area contributed by atoms with Gasteiger partial charge in [-0.25, -0.2) is 13.8 Å². The molecule has 8 heteroatoms. The summed E-state index contributed by atoms with van der Waals surface area (Å²) in [6, 6.07) is 3.53. The number of anilines is 1. The van der Waals surface area contributed by atoms with Gasteiger partial charge in [-0.1, -0.05) is 6.07 Å². The molecule has 0 unspecified atom stereocenters. The first-order valence-corrected chi connectivity index (χ1v) is 9.54. The van der Waals surface area contributed by atoms with Crippen LogP contribution in [0, 0.1) is 18.6 Å². The zero-order valence-corrected chi connectivity index (χ0v) is 16.6. The van der Waals surface area contributed by atoms with Crippen molar-refractivity contribution in [2.75, 3.05) is 11.4 Å². The highest BCUT2D eigenvalue weighted by atomic mass is 19.2. The standard InChI is InChI=1S/C21H23F2N5O/c1-13-9-21(29,15-4-5-17(22)18(23)8-15)6-7-28(13)20-11-24-10-19(25-20)16-12-27(3)26-14(16)2/h4-5,8,10-13,29H,6-7,9H2,1-3H3/t13-,21-/m0/s1. The van der Waals surface area contributed by atoms with E-state index in [9.17, 15) is 13.9 Å². The highest BCUT2D eigenvalue weighted by molar-refractivity contribution is 5.62. The van der Waals surface area contributed by atoms with Crippen LogP contribution >= 0.6 is 0 Å². The number of hydrogen-bond acceptors (Lipinski definition) is 5. The van der Waals surface area contributed by atoms with Crippen molar-refractivity contribution >= 4 is 5.82 Å². The fourth-order valence-corrected chi connectivity index (χ4v) is 4.09. The van der Waals surface area contributed by atoms with Crippen molar-refractivity contribution in [2.45, 2.75) is 38.3 Å². The number of benzene rings is 1. The molecule has 0 bridgehead atoms. The number of aryl methyl sites for hydroxylation is 2. The number of rotatable bonds is 3. The Bertz CT molecular complexity index is 1050. The molecule has 0 amide bonds. The third kappa shape index (κ3) is 3.60. The van der Waals surface area contributed by atoms with Crippen LogP contribution in [0.2, 0.25) is 0 Å². The number of halogens is 2. The molecular weight excluding hydrogens is 376 g/mol. The first-order chi connectivity index (χ1) is 13.8. The summed E-state index contributed by atoms with van der Waals surface area (Å²) < 4.78 is 28.7. The SMILES string of the molecule is Cc1nn(C)cc1-c1cncc(N2CC[C@@](O)(c3ccc(F)c(F)c3)C[C@@H]2C)n1. The molecule has 1 aliphatic rings. The third-order valence-electron chi connectivity index (χ3n) is 5.59. The van der Waals surface area contributed by atoms with Gasteiger partial charge in [-0.15, -0.1) is 0 Å². The maximum atomic E-state index is 13.7. The second kappa shape index (κ2) is 7.18. The Balaban J connectivity index is 1.58. The Morgan fingerprint density at radius 2 is 2.00 bits per heavy atom. The fraction of sp³-hybridized carbons (Fsp3) is 0.381. The van der Waals surface area contributed by atoms with Gasteiger partial charge >= 0.3 is 0 Å². The van der Waals surface area contributed by atoms with Crippen molar-refractivity contribution in [3.63, 3.8) is 0 Å². The van der Waals surface area contributed by atoms with E-state index in [0.717, 1.165) is 29.1 Å². The minimum absolute atomic E-state index is 0.0681. The molecule has 152 valence electrons. The third-order valence-corrected chi connectivity index (χ3v) is 5.59. The Labute approximate surface area is 167 Å². The average molecular weight is 399 g/mol. The Kier molecular flexibility index (Phi) is 4.82. The van der Waals surface area contributed by atoms with Gasteiger partial charge in [0.05, 0.1) is 29.4 Å². The minimum atomic E-state index is -1.21. The number of piperidine rings is 1. The molecule has 4 rings (SSSR count). The molecule has 0 saturated carbocycles. The fourth-order valence-electron chi connectivity index (χ4n) is 4.09. The summed E-state index contributed by atoms with van der Waals surface area (Å²) >= 11 is 0. The molecule has 0 radical (unpaired) electrons. The summed E-state index contributed by atoms with van der Waals surface area (Å²) in [5.41, 5.74) is 1.72. The van der Waals surface area contributed by atoms with Gasteiger partial charge < -0.3 is 10.0 Å². The molecule has 29 heavy (non-hydrogen) atoms. The lowest BCUT2D eigenvalue weighted by atomic mass is 9.81. The predicted octanol–water partition coefficient (Wildman–Crippen LogP) is 3.34. The summed E-state index contributed by atoms with van der Waals surface area (Å²) in [5, 5.41) is 15.5. The Morgan fingerprint density at radius 1 is 1.21 bits per heavy atom.